The molecule has 2 rings (SSSR count). The van der Waals surface area contributed by atoms with Crippen LogP contribution >= 0.6 is 0 Å². The smallest absolute Gasteiger partial charge is 0.312 e. The first-order valence-electron chi connectivity index (χ1n) is 7.70. The summed E-state index contributed by atoms with van der Waals surface area (Å²) in [4.78, 5) is 23.3. The van der Waals surface area contributed by atoms with Crippen molar-refractivity contribution in [1.29, 1.82) is 0 Å². The zero-order valence-electron chi connectivity index (χ0n) is 12.0. The van der Waals surface area contributed by atoms with Crippen LogP contribution in [0.3, 0.4) is 0 Å². The van der Waals surface area contributed by atoms with Crippen molar-refractivity contribution < 1.29 is 24.2 Å². The fourth-order valence-electron chi connectivity index (χ4n) is 3.27. The molecule has 114 valence electrons. The molecule has 4 atom stereocenters. The number of esters is 1. The molecule has 4 unspecified atom stereocenters. The van der Waals surface area contributed by atoms with Crippen molar-refractivity contribution in [3.05, 3.63) is 0 Å². The normalized spacial score (nSPS) is 31.4. The van der Waals surface area contributed by atoms with Crippen LogP contribution in [-0.4, -0.2) is 35.9 Å². The molecule has 0 aliphatic carbocycles. The van der Waals surface area contributed by atoms with Crippen LogP contribution in [0.25, 0.3) is 0 Å². The topological polar surface area (TPSA) is 72.8 Å². The van der Waals surface area contributed by atoms with Crippen LogP contribution in [0.2, 0.25) is 0 Å². The Labute approximate surface area is 119 Å². The van der Waals surface area contributed by atoms with Crippen LogP contribution in [0.4, 0.5) is 0 Å². The van der Waals surface area contributed by atoms with Gasteiger partial charge in [-0.25, -0.2) is 0 Å². The van der Waals surface area contributed by atoms with Crippen molar-refractivity contribution >= 4 is 11.9 Å². The van der Waals surface area contributed by atoms with Gasteiger partial charge in [0.2, 0.25) is 0 Å². The Kier molecular flexibility index (Phi) is 5.40. The second-order valence-corrected chi connectivity index (χ2v) is 5.76. The molecule has 5 heteroatoms. The molecule has 2 heterocycles. The Bertz CT molecular complexity index is 354. The van der Waals surface area contributed by atoms with Gasteiger partial charge in [0.1, 0.15) is 0 Å². The van der Waals surface area contributed by atoms with Gasteiger partial charge in [0.05, 0.1) is 30.7 Å². The largest absolute Gasteiger partial charge is 0.481 e. The summed E-state index contributed by atoms with van der Waals surface area (Å²) < 4.78 is 10.8. The molecule has 2 saturated heterocycles. The predicted octanol–water partition coefficient (Wildman–Crippen LogP) is 2.38. The molecule has 0 spiro atoms. The minimum atomic E-state index is -0.943. The molecule has 2 fully saturated rings. The Morgan fingerprint density at radius 2 is 1.75 bits per heavy atom. The van der Waals surface area contributed by atoms with E-state index in [4.69, 9.17) is 9.47 Å². The minimum absolute atomic E-state index is 0.256. The van der Waals surface area contributed by atoms with Gasteiger partial charge in [-0.05, 0) is 19.3 Å². The first kappa shape index (κ1) is 15.3. The number of ether oxygens (including phenoxy) is 2. The average Bonchev–Trinajstić information content (AvgIpc) is 3.02. The summed E-state index contributed by atoms with van der Waals surface area (Å²) in [7, 11) is 0. The maximum atomic E-state index is 12.1. The van der Waals surface area contributed by atoms with E-state index in [9.17, 15) is 14.7 Å². The summed E-state index contributed by atoms with van der Waals surface area (Å²) >= 11 is 0. The number of fused-ring (bicyclic) bond motifs is 2. The lowest BCUT2D eigenvalue weighted by atomic mass is 9.79. The highest BCUT2D eigenvalue weighted by Gasteiger charge is 2.56. The molecule has 0 saturated carbocycles. The summed E-state index contributed by atoms with van der Waals surface area (Å²) in [5, 5.41) is 9.24. The Hall–Kier alpha value is -1.10. The van der Waals surface area contributed by atoms with Crippen molar-refractivity contribution in [1.82, 2.24) is 0 Å². The maximum Gasteiger partial charge on any atom is 0.312 e. The lowest BCUT2D eigenvalue weighted by Gasteiger charge is -2.23. The number of hydrogen-bond acceptors (Lipinski definition) is 4. The van der Waals surface area contributed by atoms with Crippen molar-refractivity contribution in [3.63, 3.8) is 0 Å². The van der Waals surface area contributed by atoms with E-state index in [2.05, 4.69) is 6.92 Å². The molecule has 0 aromatic rings. The van der Waals surface area contributed by atoms with Gasteiger partial charge in [0.15, 0.2) is 0 Å². The molecular formula is C15H24O5. The Balaban J connectivity index is 1.75. The van der Waals surface area contributed by atoms with Crippen molar-refractivity contribution in [2.24, 2.45) is 11.8 Å². The van der Waals surface area contributed by atoms with Gasteiger partial charge in [0, 0.05) is 0 Å². The molecule has 0 aromatic heterocycles. The highest BCUT2D eigenvalue weighted by atomic mass is 16.5. The summed E-state index contributed by atoms with van der Waals surface area (Å²) in [6.07, 6.45) is 6.39. The summed E-state index contributed by atoms with van der Waals surface area (Å²) in [6, 6.07) is 0. The molecule has 0 aromatic carbocycles. The lowest BCUT2D eigenvalue weighted by molar-refractivity contribution is -0.158. The SMILES string of the molecule is CCCCCCCOC(=O)C1C2CCC(O2)C1C(=O)O. The lowest BCUT2D eigenvalue weighted by Crippen LogP contribution is -2.39. The van der Waals surface area contributed by atoms with Gasteiger partial charge in [-0.3, -0.25) is 9.59 Å². The van der Waals surface area contributed by atoms with Crippen LogP contribution in [0.5, 0.6) is 0 Å². The molecule has 2 bridgehead atoms. The minimum Gasteiger partial charge on any atom is -0.481 e. The van der Waals surface area contributed by atoms with Crippen molar-refractivity contribution in [2.45, 2.75) is 64.1 Å². The molecule has 1 N–H and O–H groups in total. The quantitative estimate of drug-likeness (QED) is 0.547. The highest BCUT2D eigenvalue weighted by molar-refractivity contribution is 5.83. The van der Waals surface area contributed by atoms with Crippen LogP contribution in [0, 0.1) is 11.8 Å². The fourth-order valence-corrected chi connectivity index (χ4v) is 3.27. The van der Waals surface area contributed by atoms with Gasteiger partial charge in [0.25, 0.3) is 0 Å². The third kappa shape index (κ3) is 3.32. The number of carboxylic acids is 1. The number of carbonyl (C=O) groups is 2. The van der Waals surface area contributed by atoms with Gasteiger partial charge >= 0.3 is 11.9 Å². The molecule has 2 aliphatic heterocycles. The van der Waals surface area contributed by atoms with E-state index in [0.29, 0.717) is 6.61 Å². The standard InChI is InChI=1S/C15H24O5/c1-2-3-4-5-6-9-19-15(18)13-11-8-7-10(20-11)12(13)14(16)17/h10-13H,2-9H2,1H3,(H,16,17). The van der Waals surface area contributed by atoms with E-state index < -0.39 is 17.8 Å². The van der Waals surface area contributed by atoms with E-state index in [0.717, 1.165) is 32.1 Å². The summed E-state index contributed by atoms with van der Waals surface area (Å²) in [6.45, 7) is 2.55. The first-order valence-corrected chi connectivity index (χ1v) is 7.70. The maximum absolute atomic E-state index is 12.1. The number of rotatable bonds is 8. The van der Waals surface area contributed by atoms with E-state index >= 15 is 0 Å². The third-order valence-corrected chi connectivity index (χ3v) is 4.32. The average molecular weight is 284 g/mol. The Morgan fingerprint density at radius 3 is 2.40 bits per heavy atom. The van der Waals surface area contributed by atoms with E-state index in [1.807, 2.05) is 0 Å². The van der Waals surface area contributed by atoms with Crippen molar-refractivity contribution in [2.75, 3.05) is 6.61 Å². The molecular weight excluding hydrogens is 260 g/mol. The molecule has 2 aliphatic rings. The van der Waals surface area contributed by atoms with E-state index in [1.165, 1.54) is 12.8 Å². The van der Waals surface area contributed by atoms with Gasteiger partial charge in [-0.2, -0.15) is 0 Å². The molecule has 20 heavy (non-hydrogen) atoms. The van der Waals surface area contributed by atoms with Gasteiger partial charge in [-0.1, -0.05) is 32.6 Å². The predicted molar refractivity (Wildman–Crippen MR) is 72.2 cm³/mol. The van der Waals surface area contributed by atoms with E-state index in [1.54, 1.807) is 0 Å². The summed E-state index contributed by atoms with van der Waals surface area (Å²) in [5.74, 6) is -2.66. The van der Waals surface area contributed by atoms with E-state index in [-0.39, 0.29) is 18.2 Å². The van der Waals surface area contributed by atoms with Crippen LogP contribution in [-0.2, 0) is 19.1 Å². The van der Waals surface area contributed by atoms with Gasteiger partial charge < -0.3 is 14.6 Å². The zero-order valence-corrected chi connectivity index (χ0v) is 12.0. The number of unbranched alkanes of at least 4 members (excludes halogenated alkanes) is 4. The number of aliphatic carboxylic acids is 1. The summed E-state index contributed by atoms with van der Waals surface area (Å²) in [5.41, 5.74) is 0. The second-order valence-electron chi connectivity index (χ2n) is 5.76. The third-order valence-electron chi connectivity index (χ3n) is 4.32. The monoisotopic (exact) mass is 284 g/mol. The zero-order chi connectivity index (χ0) is 14.5. The molecule has 0 radical (unpaired) electrons. The fraction of sp³-hybridized carbons (Fsp3) is 0.867. The number of hydrogen-bond donors (Lipinski definition) is 1. The van der Waals surface area contributed by atoms with Gasteiger partial charge in [-0.15, -0.1) is 0 Å². The van der Waals surface area contributed by atoms with Crippen molar-refractivity contribution in [3.8, 4) is 0 Å². The first-order chi connectivity index (χ1) is 9.65. The highest BCUT2D eigenvalue weighted by Crippen LogP contribution is 2.44. The number of carbonyl (C=O) groups excluding carboxylic acids is 1. The van der Waals surface area contributed by atoms with Crippen LogP contribution in [0.15, 0.2) is 0 Å². The number of carboxylic acid groups (broad SMARTS) is 1. The molecule has 5 nitrogen and oxygen atoms in total. The Morgan fingerprint density at radius 1 is 1.10 bits per heavy atom. The molecule has 0 amide bonds. The second kappa shape index (κ2) is 7.07. The van der Waals surface area contributed by atoms with Crippen LogP contribution < -0.4 is 0 Å². The van der Waals surface area contributed by atoms with Crippen LogP contribution in [0.1, 0.15) is 51.9 Å².